The highest BCUT2D eigenvalue weighted by Gasteiger charge is 2.24. The largest absolute Gasteiger partial charge is 0.504 e. The third-order valence-corrected chi connectivity index (χ3v) is 4.97. The first-order valence-corrected chi connectivity index (χ1v) is 9.70. The maximum atomic E-state index is 12.2. The van der Waals surface area contributed by atoms with Crippen LogP contribution in [0.1, 0.15) is 12.5 Å². The maximum absolute atomic E-state index is 12.2. The first-order valence-electron chi connectivity index (χ1n) is 8.09. The van der Waals surface area contributed by atoms with Gasteiger partial charge < -0.3 is 19.9 Å². The first-order chi connectivity index (χ1) is 13.0. The van der Waals surface area contributed by atoms with Crippen LogP contribution in [-0.4, -0.2) is 29.9 Å². The van der Waals surface area contributed by atoms with Gasteiger partial charge in [-0.3, -0.25) is 4.79 Å². The van der Waals surface area contributed by atoms with Crippen molar-refractivity contribution in [3.63, 3.8) is 0 Å². The molecule has 3 rings (SSSR count). The number of amides is 1. The van der Waals surface area contributed by atoms with Gasteiger partial charge in [0.1, 0.15) is 5.75 Å². The summed E-state index contributed by atoms with van der Waals surface area (Å²) >= 11 is 4.57. The second kappa shape index (κ2) is 8.49. The smallest absolute Gasteiger partial charge is 0.264 e. The van der Waals surface area contributed by atoms with Gasteiger partial charge in [-0.1, -0.05) is 15.9 Å². The van der Waals surface area contributed by atoms with Crippen LogP contribution in [0, 0.1) is 0 Å². The predicted molar refractivity (Wildman–Crippen MR) is 111 cm³/mol. The number of carbonyl (C=O) groups excluding carboxylic acids is 1. The van der Waals surface area contributed by atoms with E-state index in [0.29, 0.717) is 33.7 Å². The number of phenols is 1. The summed E-state index contributed by atoms with van der Waals surface area (Å²) in [6, 6.07) is 10.6. The Bertz CT molecular complexity index is 926. The molecule has 0 aromatic heterocycles. The number of carbonyl (C=O) groups is 1. The second-order valence-electron chi connectivity index (χ2n) is 5.45. The van der Waals surface area contributed by atoms with Crippen LogP contribution in [-0.2, 0) is 4.79 Å². The number of rotatable bonds is 5. The van der Waals surface area contributed by atoms with Crippen LogP contribution >= 0.6 is 27.7 Å². The molecular formula is C19H17BrN2O4S. The standard InChI is InChI=1S/C19H17BrN2O4S/c1-3-26-14-6-4-13(5-7-14)21-19-22-18(24)16(27-19)9-11-8-12(20)10-15(25-2)17(11)23/h4-10,23H,3H2,1-2H3,(H,21,22,24)/b16-9+. The SMILES string of the molecule is CCOc1ccc(N=C2NC(=O)/C(=C\c3cc(Br)cc(OC)c3O)S2)cc1. The topological polar surface area (TPSA) is 80.2 Å². The maximum Gasteiger partial charge on any atom is 0.264 e. The van der Waals surface area contributed by atoms with E-state index in [9.17, 15) is 9.90 Å². The average molecular weight is 449 g/mol. The van der Waals surface area contributed by atoms with Gasteiger partial charge in [0.15, 0.2) is 16.7 Å². The molecule has 2 aromatic rings. The fraction of sp³-hybridized carbons (Fsp3) is 0.158. The van der Waals surface area contributed by atoms with E-state index in [4.69, 9.17) is 9.47 Å². The summed E-state index contributed by atoms with van der Waals surface area (Å²) < 4.78 is 11.3. The molecule has 1 amide bonds. The van der Waals surface area contributed by atoms with Gasteiger partial charge in [-0.25, -0.2) is 4.99 Å². The van der Waals surface area contributed by atoms with E-state index in [2.05, 4.69) is 26.2 Å². The van der Waals surface area contributed by atoms with E-state index in [0.717, 1.165) is 10.2 Å². The minimum Gasteiger partial charge on any atom is -0.504 e. The van der Waals surface area contributed by atoms with Gasteiger partial charge in [0, 0.05) is 10.0 Å². The lowest BCUT2D eigenvalue weighted by Crippen LogP contribution is -2.19. The summed E-state index contributed by atoms with van der Waals surface area (Å²) in [4.78, 5) is 17.1. The molecule has 8 heteroatoms. The molecule has 0 radical (unpaired) electrons. The van der Waals surface area contributed by atoms with E-state index < -0.39 is 0 Å². The predicted octanol–water partition coefficient (Wildman–Crippen LogP) is 4.45. The molecule has 1 heterocycles. The van der Waals surface area contributed by atoms with Gasteiger partial charge in [-0.15, -0.1) is 0 Å². The van der Waals surface area contributed by atoms with Crippen LogP contribution in [0.5, 0.6) is 17.2 Å². The summed E-state index contributed by atoms with van der Waals surface area (Å²) in [5.41, 5.74) is 1.18. The molecule has 6 nitrogen and oxygen atoms in total. The normalized spacial score (nSPS) is 16.6. The fourth-order valence-corrected chi connectivity index (χ4v) is 3.67. The zero-order valence-corrected chi connectivity index (χ0v) is 17.1. The van der Waals surface area contributed by atoms with Gasteiger partial charge >= 0.3 is 0 Å². The lowest BCUT2D eigenvalue weighted by molar-refractivity contribution is -0.115. The Morgan fingerprint density at radius 1 is 1.30 bits per heavy atom. The molecule has 2 N–H and O–H groups in total. The Kier molecular flexibility index (Phi) is 6.08. The molecule has 0 bridgehead atoms. The monoisotopic (exact) mass is 448 g/mol. The molecule has 0 spiro atoms. The molecule has 27 heavy (non-hydrogen) atoms. The number of hydrogen-bond donors (Lipinski definition) is 2. The van der Waals surface area contributed by atoms with Crippen molar-refractivity contribution in [3.05, 3.63) is 51.3 Å². The number of hydrogen-bond acceptors (Lipinski definition) is 6. The highest BCUT2D eigenvalue weighted by atomic mass is 79.9. The van der Waals surface area contributed by atoms with Crippen LogP contribution in [0.3, 0.4) is 0 Å². The molecular weight excluding hydrogens is 432 g/mol. The van der Waals surface area contributed by atoms with Crippen molar-refractivity contribution in [1.82, 2.24) is 5.32 Å². The Balaban J connectivity index is 1.83. The van der Waals surface area contributed by atoms with Gasteiger partial charge in [0.2, 0.25) is 0 Å². The van der Waals surface area contributed by atoms with Crippen molar-refractivity contribution in [2.24, 2.45) is 4.99 Å². The molecule has 1 fully saturated rings. The fourth-order valence-electron chi connectivity index (χ4n) is 2.38. The summed E-state index contributed by atoms with van der Waals surface area (Å²) in [6.45, 7) is 2.52. The Hall–Kier alpha value is -2.45. The molecule has 1 saturated heterocycles. The third kappa shape index (κ3) is 4.64. The van der Waals surface area contributed by atoms with Gasteiger partial charge in [-0.05, 0) is 61.2 Å². The number of aliphatic imine (C=N–C) groups is 1. The third-order valence-electron chi connectivity index (χ3n) is 3.60. The number of nitrogens with zero attached hydrogens (tertiary/aromatic N) is 1. The number of thioether (sulfide) groups is 1. The van der Waals surface area contributed by atoms with Crippen LogP contribution in [0.25, 0.3) is 6.08 Å². The van der Waals surface area contributed by atoms with Crippen molar-refractivity contribution < 1.29 is 19.4 Å². The van der Waals surface area contributed by atoms with E-state index in [1.54, 1.807) is 18.2 Å². The molecule has 1 aliphatic rings. The zero-order valence-electron chi connectivity index (χ0n) is 14.7. The molecule has 0 aliphatic carbocycles. The Labute approximate surface area is 169 Å². The van der Waals surface area contributed by atoms with Gasteiger partial charge in [0.05, 0.1) is 24.3 Å². The van der Waals surface area contributed by atoms with E-state index in [1.807, 2.05) is 31.2 Å². The number of benzene rings is 2. The lowest BCUT2D eigenvalue weighted by Gasteiger charge is -2.07. The van der Waals surface area contributed by atoms with Gasteiger partial charge in [0.25, 0.3) is 5.91 Å². The molecule has 2 aromatic carbocycles. The van der Waals surface area contributed by atoms with Crippen molar-refractivity contribution in [1.29, 1.82) is 0 Å². The summed E-state index contributed by atoms with van der Waals surface area (Å²) in [6.07, 6.45) is 1.60. The quantitative estimate of drug-likeness (QED) is 0.660. The van der Waals surface area contributed by atoms with E-state index in [-0.39, 0.29) is 11.7 Å². The molecule has 0 saturated carbocycles. The number of ether oxygens (including phenoxy) is 2. The number of amidine groups is 1. The lowest BCUT2D eigenvalue weighted by atomic mass is 10.1. The van der Waals surface area contributed by atoms with Crippen LogP contribution in [0.2, 0.25) is 0 Å². The summed E-state index contributed by atoms with van der Waals surface area (Å²) in [5, 5.41) is 13.5. The Morgan fingerprint density at radius 2 is 2.04 bits per heavy atom. The Morgan fingerprint density at radius 3 is 2.70 bits per heavy atom. The minimum atomic E-state index is -0.275. The van der Waals surface area contributed by atoms with E-state index in [1.165, 1.54) is 18.9 Å². The zero-order chi connectivity index (χ0) is 19.4. The highest BCUT2D eigenvalue weighted by Crippen LogP contribution is 2.37. The van der Waals surface area contributed by atoms with Crippen LogP contribution in [0.4, 0.5) is 5.69 Å². The molecule has 1 aliphatic heterocycles. The average Bonchev–Trinajstić information content (AvgIpc) is 2.98. The molecule has 140 valence electrons. The van der Waals surface area contributed by atoms with Crippen molar-refractivity contribution in [2.75, 3.05) is 13.7 Å². The van der Waals surface area contributed by atoms with Crippen molar-refractivity contribution in [2.45, 2.75) is 6.92 Å². The summed E-state index contributed by atoms with van der Waals surface area (Å²) in [5.74, 6) is 0.786. The number of nitrogens with one attached hydrogen (secondary N) is 1. The molecule has 0 atom stereocenters. The number of aromatic hydroxyl groups is 1. The van der Waals surface area contributed by atoms with Gasteiger partial charge in [-0.2, -0.15) is 0 Å². The number of phenolic OH excluding ortho intramolecular Hbond substituents is 1. The summed E-state index contributed by atoms with van der Waals surface area (Å²) in [7, 11) is 1.47. The van der Waals surface area contributed by atoms with Crippen molar-refractivity contribution >= 4 is 50.5 Å². The van der Waals surface area contributed by atoms with Crippen LogP contribution < -0.4 is 14.8 Å². The number of halogens is 1. The number of methoxy groups -OCH3 is 1. The minimum absolute atomic E-state index is 0.0292. The molecule has 0 unspecified atom stereocenters. The van der Waals surface area contributed by atoms with E-state index >= 15 is 0 Å². The highest BCUT2D eigenvalue weighted by molar-refractivity contribution is 9.10. The van der Waals surface area contributed by atoms with Crippen LogP contribution in [0.15, 0.2) is 50.8 Å². The first kappa shape index (κ1) is 19.3. The van der Waals surface area contributed by atoms with Crippen molar-refractivity contribution in [3.8, 4) is 17.2 Å². The second-order valence-corrected chi connectivity index (χ2v) is 7.40.